The third-order valence-corrected chi connectivity index (χ3v) is 2.12. The lowest BCUT2D eigenvalue weighted by molar-refractivity contribution is -0.123. The second-order valence-electron chi connectivity index (χ2n) is 3.67. The van der Waals surface area contributed by atoms with Crippen LogP contribution in [-0.2, 0) is 9.59 Å². The highest BCUT2D eigenvalue weighted by atomic mass is 16.1. The van der Waals surface area contributed by atoms with Crippen molar-refractivity contribution in [3.63, 3.8) is 0 Å². The third kappa shape index (κ3) is 4.97. The molecule has 0 heterocycles. The summed E-state index contributed by atoms with van der Waals surface area (Å²) in [6.45, 7) is 6.30. The van der Waals surface area contributed by atoms with E-state index in [4.69, 9.17) is 5.73 Å². The number of ketones is 1. The van der Waals surface area contributed by atoms with E-state index in [0.717, 1.165) is 0 Å². The molecule has 0 bridgehead atoms. The van der Waals surface area contributed by atoms with Gasteiger partial charge in [0.1, 0.15) is 5.78 Å². The van der Waals surface area contributed by atoms with E-state index in [2.05, 4.69) is 5.32 Å². The average Bonchev–Trinajstić information content (AvgIpc) is 2.10. The highest BCUT2D eigenvalue weighted by Crippen LogP contribution is 2.04. The van der Waals surface area contributed by atoms with Crippen LogP contribution in [0.25, 0.3) is 0 Å². The molecule has 0 aliphatic rings. The number of primary amides is 1. The highest BCUT2D eigenvalue weighted by molar-refractivity contribution is 5.83. The lowest BCUT2D eigenvalue weighted by atomic mass is 10.0. The Morgan fingerprint density at radius 2 is 1.93 bits per heavy atom. The van der Waals surface area contributed by atoms with E-state index in [1.807, 2.05) is 20.8 Å². The molecule has 1 unspecified atom stereocenters. The maximum Gasteiger partial charge on any atom is 0.234 e. The van der Waals surface area contributed by atoms with Crippen molar-refractivity contribution in [2.24, 2.45) is 11.7 Å². The van der Waals surface area contributed by atoms with Crippen LogP contribution in [0.15, 0.2) is 0 Å². The summed E-state index contributed by atoms with van der Waals surface area (Å²) in [6.07, 6.45) is 0.915. The molecule has 0 aromatic carbocycles. The van der Waals surface area contributed by atoms with Gasteiger partial charge < -0.3 is 11.1 Å². The van der Waals surface area contributed by atoms with Crippen LogP contribution in [0.1, 0.15) is 33.6 Å². The van der Waals surface area contributed by atoms with E-state index in [1.54, 1.807) is 0 Å². The van der Waals surface area contributed by atoms with Gasteiger partial charge in [0.15, 0.2) is 0 Å². The molecule has 0 fully saturated rings. The Hall–Kier alpha value is -0.900. The molecule has 0 aromatic rings. The van der Waals surface area contributed by atoms with Crippen LogP contribution in [-0.4, -0.2) is 24.3 Å². The Morgan fingerprint density at radius 1 is 1.36 bits per heavy atom. The summed E-state index contributed by atoms with van der Waals surface area (Å²) in [4.78, 5) is 22.2. The number of amides is 1. The molecular weight excluding hydrogens is 180 g/mol. The molecule has 0 aromatic heterocycles. The predicted octanol–water partition coefficient (Wildman–Crippen LogP) is 0.455. The lowest BCUT2D eigenvalue weighted by Gasteiger charge is -2.13. The highest BCUT2D eigenvalue weighted by Gasteiger charge is 2.16. The maximum absolute atomic E-state index is 11.3. The number of carbonyl (C=O) groups excluding carboxylic acids is 2. The first-order chi connectivity index (χ1) is 6.49. The molecule has 0 aliphatic heterocycles. The van der Waals surface area contributed by atoms with Gasteiger partial charge in [0.25, 0.3) is 0 Å². The van der Waals surface area contributed by atoms with Crippen LogP contribution in [0.3, 0.4) is 0 Å². The zero-order valence-electron chi connectivity index (χ0n) is 9.17. The van der Waals surface area contributed by atoms with E-state index in [1.165, 1.54) is 0 Å². The van der Waals surface area contributed by atoms with E-state index < -0.39 is 0 Å². The molecule has 0 spiro atoms. The van der Waals surface area contributed by atoms with Gasteiger partial charge in [-0.2, -0.15) is 0 Å². The number of rotatable bonds is 7. The monoisotopic (exact) mass is 200 g/mol. The normalized spacial score (nSPS) is 12.9. The summed E-state index contributed by atoms with van der Waals surface area (Å²) in [5, 5.41) is 2.95. The van der Waals surface area contributed by atoms with Crippen molar-refractivity contribution in [1.29, 1.82) is 0 Å². The Kier molecular flexibility index (Phi) is 6.12. The topological polar surface area (TPSA) is 72.2 Å². The quantitative estimate of drug-likeness (QED) is 0.627. The minimum atomic E-state index is -0.386. The van der Waals surface area contributed by atoms with Crippen LogP contribution in [0, 0.1) is 5.92 Å². The number of Topliss-reactive ketones (excluding diaryl/α,β-unsaturated/α-hetero) is 1. The second kappa shape index (κ2) is 6.54. The van der Waals surface area contributed by atoms with E-state index in [0.29, 0.717) is 19.4 Å². The second-order valence-corrected chi connectivity index (χ2v) is 3.67. The molecule has 0 saturated heterocycles. The van der Waals surface area contributed by atoms with Gasteiger partial charge >= 0.3 is 0 Å². The first-order valence-electron chi connectivity index (χ1n) is 5.04. The van der Waals surface area contributed by atoms with Crippen molar-refractivity contribution in [3.8, 4) is 0 Å². The Bertz CT molecular complexity index is 202. The minimum Gasteiger partial charge on any atom is -0.368 e. The van der Waals surface area contributed by atoms with Gasteiger partial charge in [-0.25, -0.2) is 0 Å². The van der Waals surface area contributed by atoms with Crippen LogP contribution < -0.4 is 11.1 Å². The van der Waals surface area contributed by atoms with Gasteiger partial charge in [-0.3, -0.25) is 9.59 Å². The number of nitrogens with two attached hydrogens (primary N) is 1. The van der Waals surface area contributed by atoms with Crippen LogP contribution in [0.2, 0.25) is 0 Å². The number of likely N-dealkylation sites (N-methyl/N-ethyl adjacent to an activating group) is 1. The Morgan fingerprint density at radius 3 is 2.29 bits per heavy atom. The molecule has 0 saturated carbocycles. The molecule has 4 heteroatoms. The first-order valence-corrected chi connectivity index (χ1v) is 5.04. The molecule has 82 valence electrons. The van der Waals surface area contributed by atoms with Crippen molar-refractivity contribution in [2.75, 3.05) is 6.54 Å². The smallest absolute Gasteiger partial charge is 0.234 e. The van der Waals surface area contributed by atoms with Gasteiger partial charge in [-0.05, 0) is 13.0 Å². The van der Waals surface area contributed by atoms with Crippen molar-refractivity contribution in [1.82, 2.24) is 5.32 Å². The number of carbonyl (C=O) groups is 2. The molecule has 3 N–H and O–H groups in total. The predicted molar refractivity (Wildman–Crippen MR) is 55.7 cm³/mol. The van der Waals surface area contributed by atoms with Gasteiger partial charge in [0, 0.05) is 12.3 Å². The molecule has 0 radical (unpaired) electrons. The molecule has 1 amide bonds. The lowest BCUT2D eigenvalue weighted by Crippen LogP contribution is -2.41. The summed E-state index contributed by atoms with van der Waals surface area (Å²) < 4.78 is 0. The summed E-state index contributed by atoms with van der Waals surface area (Å²) in [7, 11) is 0. The summed E-state index contributed by atoms with van der Waals surface area (Å²) >= 11 is 0. The zero-order valence-corrected chi connectivity index (χ0v) is 9.17. The van der Waals surface area contributed by atoms with Crippen LogP contribution in [0.5, 0.6) is 0 Å². The fourth-order valence-electron chi connectivity index (χ4n) is 1.17. The number of nitrogens with one attached hydrogen (secondary N) is 1. The van der Waals surface area contributed by atoms with Gasteiger partial charge in [0.05, 0.1) is 6.04 Å². The van der Waals surface area contributed by atoms with Crippen LogP contribution in [0.4, 0.5) is 0 Å². The maximum atomic E-state index is 11.3. The zero-order chi connectivity index (χ0) is 11.1. The summed E-state index contributed by atoms with van der Waals surface area (Å²) in [6, 6.07) is -0.373. The fraction of sp³-hybridized carbons (Fsp3) is 0.800. The van der Waals surface area contributed by atoms with Crippen molar-refractivity contribution < 1.29 is 9.59 Å². The number of hydrogen-bond acceptors (Lipinski definition) is 3. The Labute approximate surface area is 85.2 Å². The fourth-order valence-corrected chi connectivity index (χ4v) is 1.17. The first kappa shape index (κ1) is 13.1. The van der Waals surface area contributed by atoms with Gasteiger partial charge in [-0.15, -0.1) is 0 Å². The van der Waals surface area contributed by atoms with Crippen LogP contribution >= 0.6 is 0 Å². The number of hydrogen-bond donors (Lipinski definition) is 2. The molecule has 0 aliphatic carbocycles. The van der Waals surface area contributed by atoms with E-state index >= 15 is 0 Å². The molecular formula is C10H20N2O2. The average molecular weight is 200 g/mol. The largest absolute Gasteiger partial charge is 0.368 e. The van der Waals surface area contributed by atoms with Gasteiger partial charge in [0.2, 0.25) is 5.91 Å². The summed E-state index contributed by atoms with van der Waals surface area (Å²) in [5.41, 5.74) is 5.17. The van der Waals surface area contributed by atoms with Gasteiger partial charge in [-0.1, -0.05) is 20.8 Å². The van der Waals surface area contributed by atoms with Crippen molar-refractivity contribution in [2.45, 2.75) is 39.7 Å². The molecule has 4 nitrogen and oxygen atoms in total. The van der Waals surface area contributed by atoms with Crippen molar-refractivity contribution >= 4 is 11.7 Å². The molecule has 1 atom stereocenters. The standard InChI is InChI=1S/C10H20N2O2/c1-4-12-8(10(11)14)5-6-9(13)7(2)3/h7-8,12H,4-6H2,1-3H3,(H2,11,14). The molecule has 0 rings (SSSR count). The Balaban J connectivity index is 3.93. The van der Waals surface area contributed by atoms with E-state index in [9.17, 15) is 9.59 Å². The third-order valence-electron chi connectivity index (χ3n) is 2.12. The summed E-state index contributed by atoms with van der Waals surface area (Å²) in [5.74, 6) is -0.178. The molecule has 14 heavy (non-hydrogen) atoms. The van der Waals surface area contributed by atoms with E-state index in [-0.39, 0.29) is 23.7 Å². The minimum absolute atomic E-state index is 0.0325. The SMILES string of the molecule is CCNC(CCC(=O)C(C)C)C(N)=O. The van der Waals surface area contributed by atoms with Crippen molar-refractivity contribution in [3.05, 3.63) is 0 Å².